The van der Waals surface area contributed by atoms with Gasteiger partial charge in [0.15, 0.2) is 9.84 Å². The van der Waals surface area contributed by atoms with E-state index in [4.69, 9.17) is 5.11 Å². The summed E-state index contributed by atoms with van der Waals surface area (Å²) in [5.41, 5.74) is 0.907. The standard InChI is InChI=1S/C16H15NO5S/c1-23(21,22)10-11-5-4-6-12(9-11)15(18)17-14-8-3-2-7-13(14)16(19)20/h2-9H,10H2,1H3,(H,17,18)(H,19,20). The third-order valence-corrected chi connectivity index (χ3v) is 3.88. The van der Waals surface area contributed by atoms with Crippen molar-refractivity contribution >= 4 is 27.4 Å². The number of nitrogens with one attached hydrogen (secondary N) is 1. The van der Waals surface area contributed by atoms with Gasteiger partial charge >= 0.3 is 5.97 Å². The van der Waals surface area contributed by atoms with E-state index in [1.54, 1.807) is 24.3 Å². The van der Waals surface area contributed by atoms with E-state index in [0.717, 1.165) is 6.26 Å². The number of carboxylic acid groups (broad SMARTS) is 1. The summed E-state index contributed by atoms with van der Waals surface area (Å²) < 4.78 is 22.7. The highest BCUT2D eigenvalue weighted by Crippen LogP contribution is 2.17. The SMILES string of the molecule is CS(=O)(=O)Cc1cccc(C(=O)Nc2ccccc2C(=O)O)c1. The maximum Gasteiger partial charge on any atom is 0.337 e. The zero-order chi connectivity index (χ0) is 17.0. The zero-order valence-corrected chi connectivity index (χ0v) is 13.1. The van der Waals surface area contributed by atoms with Crippen molar-refractivity contribution < 1.29 is 23.1 Å². The molecule has 0 fully saturated rings. The Bertz CT molecular complexity index is 858. The molecule has 6 nitrogen and oxygen atoms in total. The van der Waals surface area contributed by atoms with Crippen LogP contribution in [0.15, 0.2) is 48.5 Å². The third-order valence-electron chi connectivity index (χ3n) is 3.02. The molecule has 7 heteroatoms. The number of rotatable bonds is 5. The summed E-state index contributed by atoms with van der Waals surface area (Å²) in [5, 5.41) is 11.6. The van der Waals surface area contributed by atoms with Crippen molar-refractivity contribution in [2.75, 3.05) is 11.6 Å². The molecule has 1 amide bonds. The molecule has 0 atom stereocenters. The van der Waals surface area contributed by atoms with Crippen LogP contribution in [0.2, 0.25) is 0 Å². The molecule has 0 aliphatic carbocycles. The molecule has 0 saturated carbocycles. The van der Waals surface area contributed by atoms with E-state index in [0.29, 0.717) is 5.56 Å². The molecule has 0 aliphatic rings. The number of amides is 1. The summed E-state index contributed by atoms with van der Waals surface area (Å²) in [5.74, 6) is -1.82. The second-order valence-corrected chi connectivity index (χ2v) is 7.22. The number of para-hydroxylation sites is 1. The number of aromatic carboxylic acids is 1. The lowest BCUT2D eigenvalue weighted by atomic mass is 10.1. The average Bonchev–Trinajstić information content (AvgIpc) is 2.46. The van der Waals surface area contributed by atoms with E-state index in [1.165, 1.54) is 24.3 Å². The van der Waals surface area contributed by atoms with E-state index in [9.17, 15) is 18.0 Å². The van der Waals surface area contributed by atoms with Gasteiger partial charge in [-0.15, -0.1) is 0 Å². The molecule has 0 heterocycles. The summed E-state index contributed by atoms with van der Waals surface area (Å²) in [4.78, 5) is 23.4. The van der Waals surface area contributed by atoms with Gasteiger partial charge in [-0.25, -0.2) is 13.2 Å². The minimum atomic E-state index is -3.21. The molecule has 120 valence electrons. The third kappa shape index (κ3) is 4.65. The Morgan fingerprint density at radius 3 is 2.43 bits per heavy atom. The fraction of sp³-hybridized carbons (Fsp3) is 0.125. The van der Waals surface area contributed by atoms with Crippen molar-refractivity contribution in [1.82, 2.24) is 0 Å². The van der Waals surface area contributed by atoms with Crippen LogP contribution in [0.5, 0.6) is 0 Å². The predicted octanol–water partition coefficient (Wildman–Crippen LogP) is 2.18. The monoisotopic (exact) mass is 333 g/mol. The van der Waals surface area contributed by atoms with Crippen molar-refractivity contribution in [3.8, 4) is 0 Å². The first kappa shape index (κ1) is 16.7. The van der Waals surface area contributed by atoms with Crippen LogP contribution < -0.4 is 5.32 Å². The highest BCUT2D eigenvalue weighted by Gasteiger charge is 2.14. The summed E-state index contributed by atoms with van der Waals surface area (Å²) in [6, 6.07) is 12.2. The summed E-state index contributed by atoms with van der Waals surface area (Å²) in [7, 11) is -3.21. The Morgan fingerprint density at radius 2 is 1.78 bits per heavy atom. The summed E-state index contributed by atoms with van der Waals surface area (Å²) >= 11 is 0. The van der Waals surface area contributed by atoms with Crippen LogP contribution in [-0.2, 0) is 15.6 Å². The molecule has 0 saturated heterocycles. The first-order valence-corrected chi connectivity index (χ1v) is 8.72. The number of hydrogen-bond donors (Lipinski definition) is 2. The quantitative estimate of drug-likeness (QED) is 0.873. The number of carbonyl (C=O) groups excluding carboxylic acids is 1. The summed E-state index contributed by atoms with van der Waals surface area (Å²) in [6.07, 6.45) is 1.11. The molecule has 0 aromatic heterocycles. The van der Waals surface area contributed by atoms with Gasteiger partial charge in [-0.05, 0) is 29.8 Å². The lowest BCUT2D eigenvalue weighted by molar-refractivity contribution is 0.0698. The van der Waals surface area contributed by atoms with Gasteiger partial charge in [-0.3, -0.25) is 4.79 Å². The van der Waals surface area contributed by atoms with Crippen LogP contribution in [0.3, 0.4) is 0 Å². The largest absolute Gasteiger partial charge is 0.478 e. The molecule has 0 spiro atoms. The Kier molecular flexibility index (Phi) is 4.80. The molecule has 2 aromatic carbocycles. The lowest BCUT2D eigenvalue weighted by Gasteiger charge is -2.09. The van der Waals surface area contributed by atoms with Gasteiger partial charge in [-0.1, -0.05) is 24.3 Å². The number of benzene rings is 2. The van der Waals surface area contributed by atoms with Gasteiger partial charge in [0.1, 0.15) is 0 Å². The Morgan fingerprint density at radius 1 is 1.09 bits per heavy atom. The van der Waals surface area contributed by atoms with Gasteiger partial charge in [0.25, 0.3) is 5.91 Å². The number of anilines is 1. The topological polar surface area (TPSA) is 101 Å². The van der Waals surface area contributed by atoms with Crippen LogP contribution in [0.1, 0.15) is 26.3 Å². The zero-order valence-electron chi connectivity index (χ0n) is 12.3. The molecule has 23 heavy (non-hydrogen) atoms. The van der Waals surface area contributed by atoms with Crippen LogP contribution in [-0.4, -0.2) is 31.7 Å². The van der Waals surface area contributed by atoms with Crippen molar-refractivity contribution in [2.24, 2.45) is 0 Å². The van der Waals surface area contributed by atoms with Gasteiger partial charge in [0, 0.05) is 11.8 Å². The molecule has 0 radical (unpaired) electrons. The number of carboxylic acids is 1. The Hall–Kier alpha value is -2.67. The molecule has 2 N–H and O–H groups in total. The molecule has 2 rings (SSSR count). The van der Waals surface area contributed by atoms with E-state index in [2.05, 4.69) is 5.32 Å². The first-order valence-electron chi connectivity index (χ1n) is 6.66. The summed E-state index contributed by atoms with van der Waals surface area (Å²) in [6.45, 7) is 0. The highest BCUT2D eigenvalue weighted by atomic mass is 32.2. The van der Waals surface area contributed by atoms with Crippen LogP contribution in [0.25, 0.3) is 0 Å². The molecule has 2 aromatic rings. The molecular formula is C16H15NO5S. The number of hydrogen-bond acceptors (Lipinski definition) is 4. The molecule has 0 bridgehead atoms. The van der Waals surface area contributed by atoms with E-state index in [1.807, 2.05) is 0 Å². The van der Waals surface area contributed by atoms with E-state index < -0.39 is 21.7 Å². The van der Waals surface area contributed by atoms with Gasteiger partial charge in [0.2, 0.25) is 0 Å². The van der Waals surface area contributed by atoms with Crippen LogP contribution in [0, 0.1) is 0 Å². The first-order chi connectivity index (χ1) is 10.8. The fourth-order valence-electron chi connectivity index (χ4n) is 2.08. The number of carbonyl (C=O) groups is 2. The van der Waals surface area contributed by atoms with Crippen molar-refractivity contribution in [3.05, 3.63) is 65.2 Å². The predicted molar refractivity (Wildman–Crippen MR) is 86.3 cm³/mol. The minimum absolute atomic E-state index is 0.0202. The van der Waals surface area contributed by atoms with Crippen molar-refractivity contribution in [3.63, 3.8) is 0 Å². The second-order valence-electron chi connectivity index (χ2n) is 5.08. The van der Waals surface area contributed by atoms with Gasteiger partial charge < -0.3 is 10.4 Å². The number of sulfone groups is 1. The van der Waals surface area contributed by atoms with Gasteiger partial charge in [0.05, 0.1) is 17.0 Å². The molecule has 0 unspecified atom stereocenters. The fourth-order valence-corrected chi connectivity index (χ4v) is 2.86. The lowest BCUT2D eigenvalue weighted by Crippen LogP contribution is -2.15. The van der Waals surface area contributed by atoms with Crippen LogP contribution in [0.4, 0.5) is 5.69 Å². The maximum atomic E-state index is 12.3. The van der Waals surface area contributed by atoms with Crippen molar-refractivity contribution in [2.45, 2.75) is 5.75 Å². The molecule has 0 aliphatic heterocycles. The van der Waals surface area contributed by atoms with Crippen LogP contribution >= 0.6 is 0 Å². The van der Waals surface area contributed by atoms with E-state index >= 15 is 0 Å². The normalized spacial score (nSPS) is 11.0. The van der Waals surface area contributed by atoms with E-state index in [-0.39, 0.29) is 22.6 Å². The smallest absolute Gasteiger partial charge is 0.337 e. The Balaban J connectivity index is 2.25. The maximum absolute atomic E-state index is 12.3. The Labute approximate surface area is 133 Å². The second kappa shape index (κ2) is 6.62. The molecular weight excluding hydrogens is 318 g/mol. The van der Waals surface area contributed by atoms with Gasteiger partial charge in [-0.2, -0.15) is 0 Å². The highest BCUT2D eigenvalue weighted by molar-refractivity contribution is 7.89. The average molecular weight is 333 g/mol. The minimum Gasteiger partial charge on any atom is -0.478 e. The van der Waals surface area contributed by atoms with Crippen molar-refractivity contribution in [1.29, 1.82) is 0 Å².